The number of nitrogens with zero attached hydrogens (tertiary/aromatic N) is 1. The normalized spacial score (nSPS) is 21.3. The average molecular weight is 432 g/mol. The van der Waals surface area contributed by atoms with Crippen LogP contribution in [0.15, 0.2) is 29.8 Å². The summed E-state index contributed by atoms with van der Waals surface area (Å²) in [5.74, 6) is 0.494. The van der Waals surface area contributed by atoms with Crippen LogP contribution in [-0.2, 0) is 20.7 Å². The summed E-state index contributed by atoms with van der Waals surface area (Å²) in [7, 11) is 0. The molecule has 7 nitrogen and oxygen atoms in total. The Hall–Kier alpha value is -2.74. The van der Waals surface area contributed by atoms with Gasteiger partial charge in [0.2, 0.25) is 5.91 Å². The first kappa shape index (κ1) is 22.9. The number of benzene rings is 1. The molecule has 8 heteroatoms. The second kappa shape index (κ2) is 10.0. The van der Waals surface area contributed by atoms with Crippen LogP contribution in [0.5, 0.6) is 0 Å². The maximum absolute atomic E-state index is 13.5. The van der Waals surface area contributed by atoms with E-state index < -0.39 is 12.6 Å². The molecule has 1 heterocycles. The molecular formula is C23H30FN3O4. The Bertz CT molecular complexity index is 969. The average Bonchev–Trinajstić information content (AvgIpc) is 3.08. The van der Waals surface area contributed by atoms with E-state index >= 15 is 0 Å². The third-order valence-corrected chi connectivity index (χ3v) is 6.01. The number of H-pyrrole nitrogens is 1. The van der Waals surface area contributed by atoms with Crippen LogP contribution in [0.1, 0.15) is 33.0 Å². The Morgan fingerprint density at radius 1 is 1.35 bits per heavy atom. The van der Waals surface area contributed by atoms with E-state index in [1.54, 1.807) is 6.07 Å². The second-order valence-corrected chi connectivity index (χ2v) is 8.65. The zero-order chi connectivity index (χ0) is 22.5. The molecular weight excluding hydrogens is 401 g/mol. The molecule has 1 aliphatic rings. The number of carboxylic acids is 1. The van der Waals surface area contributed by atoms with Gasteiger partial charge in [-0.2, -0.15) is 0 Å². The number of fused-ring (bicyclic) bond motifs is 1. The number of allylic oxidation sites excluding steroid dienone is 1. The van der Waals surface area contributed by atoms with Gasteiger partial charge in [0.05, 0.1) is 11.0 Å². The molecule has 1 amide bonds. The van der Waals surface area contributed by atoms with Crippen LogP contribution in [-0.4, -0.2) is 46.7 Å². The van der Waals surface area contributed by atoms with Gasteiger partial charge in [-0.1, -0.05) is 25.5 Å². The minimum Gasteiger partial charge on any atom is -0.480 e. The number of aliphatic carboxylic acids is 1. The van der Waals surface area contributed by atoms with Crippen molar-refractivity contribution in [2.75, 3.05) is 19.8 Å². The monoisotopic (exact) mass is 431 g/mol. The molecule has 1 aromatic carbocycles. The molecule has 1 aliphatic carbocycles. The Kier molecular flexibility index (Phi) is 7.43. The predicted molar refractivity (Wildman–Crippen MR) is 115 cm³/mol. The largest absolute Gasteiger partial charge is 0.480 e. The standard InChI is InChI=1S/C23H30FN3O4/c1-13(2)18-7-15(8-21-26-19-5-4-17(24)9-20(19)27-21)14(3)6-16(18)10-25-22(28)11-31-12-23(29)30/h4-6,9,13,15-16,18H,7-8,10-12H2,1-3H3,(H,25,28)(H,26,27)(H,29,30). The number of carbonyl (C=O) groups excluding carboxylic acids is 1. The van der Waals surface area contributed by atoms with Gasteiger partial charge in [0.1, 0.15) is 24.9 Å². The van der Waals surface area contributed by atoms with Crippen molar-refractivity contribution in [2.45, 2.75) is 33.6 Å². The fraction of sp³-hybridized carbons (Fsp3) is 0.522. The van der Waals surface area contributed by atoms with Crippen LogP contribution in [0.3, 0.4) is 0 Å². The highest BCUT2D eigenvalue weighted by Gasteiger charge is 2.32. The number of ether oxygens (including phenoxy) is 1. The minimum atomic E-state index is -1.10. The molecule has 3 atom stereocenters. The summed E-state index contributed by atoms with van der Waals surface area (Å²) in [4.78, 5) is 30.3. The maximum Gasteiger partial charge on any atom is 0.329 e. The fourth-order valence-corrected chi connectivity index (χ4v) is 4.39. The number of hydrogen-bond acceptors (Lipinski definition) is 4. The molecule has 0 fully saturated rings. The molecule has 2 aromatic rings. The van der Waals surface area contributed by atoms with Gasteiger partial charge in [-0.3, -0.25) is 4.79 Å². The maximum atomic E-state index is 13.5. The number of nitrogens with one attached hydrogen (secondary N) is 2. The quantitative estimate of drug-likeness (QED) is 0.529. The lowest BCUT2D eigenvalue weighted by Crippen LogP contribution is -2.38. The summed E-state index contributed by atoms with van der Waals surface area (Å²) in [5.41, 5.74) is 2.73. The lowest BCUT2D eigenvalue weighted by Gasteiger charge is -2.37. The molecule has 0 saturated carbocycles. The predicted octanol–water partition coefficient (Wildman–Crippen LogP) is 3.32. The zero-order valence-corrected chi connectivity index (χ0v) is 18.2. The first-order chi connectivity index (χ1) is 14.7. The smallest absolute Gasteiger partial charge is 0.329 e. The van der Waals surface area contributed by atoms with Crippen LogP contribution >= 0.6 is 0 Å². The number of aromatic nitrogens is 2. The fourth-order valence-electron chi connectivity index (χ4n) is 4.39. The number of aromatic amines is 1. The van der Waals surface area contributed by atoms with Gasteiger partial charge in [0.15, 0.2) is 0 Å². The summed E-state index contributed by atoms with van der Waals surface area (Å²) in [6.07, 6.45) is 3.96. The van der Waals surface area contributed by atoms with Crippen molar-refractivity contribution in [3.05, 3.63) is 41.5 Å². The van der Waals surface area contributed by atoms with Gasteiger partial charge in [-0.15, -0.1) is 0 Å². The molecule has 1 aromatic heterocycles. The summed E-state index contributed by atoms with van der Waals surface area (Å²) >= 11 is 0. The van der Waals surface area contributed by atoms with Gasteiger partial charge in [-0.05, 0) is 55.2 Å². The molecule has 0 bridgehead atoms. The molecule has 31 heavy (non-hydrogen) atoms. The molecule has 0 radical (unpaired) electrons. The van der Waals surface area contributed by atoms with Crippen LogP contribution < -0.4 is 5.32 Å². The van der Waals surface area contributed by atoms with Crippen LogP contribution in [0.25, 0.3) is 11.0 Å². The number of carboxylic acid groups (broad SMARTS) is 1. The third-order valence-electron chi connectivity index (χ3n) is 6.01. The van der Waals surface area contributed by atoms with Crippen LogP contribution in [0.4, 0.5) is 4.39 Å². The van der Waals surface area contributed by atoms with Crippen molar-refractivity contribution in [1.29, 1.82) is 0 Å². The highest BCUT2D eigenvalue weighted by atomic mass is 19.1. The van der Waals surface area contributed by atoms with Crippen molar-refractivity contribution in [1.82, 2.24) is 15.3 Å². The van der Waals surface area contributed by atoms with E-state index in [1.807, 2.05) is 0 Å². The summed E-state index contributed by atoms with van der Waals surface area (Å²) < 4.78 is 18.3. The van der Waals surface area contributed by atoms with E-state index in [1.165, 1.54) is 17.7 Å². The SMILES string of the molecule is CC1=CC(CNC(=O)COCC(=O)O)C(C(C)C)CC1Cc1nc2ccc(F)cc2[nH]1. The van der Waals surface area contributed by atoms with Crippen molar-refractivity contribution < 1.29 is 23.8 Å². The molecule has 0 saturated heterocycles. The van der Waals surface area contributed by atoms with Crippen LogP contribution in [0.2, 0.25) is 0 Å². The topological polar surface area (TPSA) is 104 Å². The number of imidazole rings is 1. The van der Waals surface area contributed by atoms with E-state index in [2.05, 4.69) is 42.1 Å². The van der Waals surface area contributed by atoms with E-state index in [0.29, 0.717) is 29.8 Å². The van der Waals surface area contributed by atoms with Crippen molar-refractivity contribution in [3.8, 4) is 0 Å². The number of amides is 1. The Balaban J connectivity index is 1.64. The summed E-state index contributed by atoms with van der Waals surface area (Å²) in [6, 6.07) is 4.56. The van der Waals surface area contributed by atoms with Gasteiger partial charge in [0.25, 0.3) is 0 Å². The summed E-state index contributed by atoms with van der Waals surface area (Å²) in [6.45, 7) is 6.22. The molecule has 0 aliphatic heterocycles. The van der Waals surface area contributed by atoms with E-state index in [9.17, 15) is 14.0 Å². The molecule has 3 unspecified atom stereocenters. The Morgan fingerprint density at radius 3 is 2.84 bits per heavy atom. The number of hydrogen-bond donors (Lipinski definition) is 3. The van der Waals surface area contributed by atoms with Gasteiger partial charge in [0, 0.05) is 13.0 Å². The van der Waals surface area contributed by atoms with Crippen molar-refractivity contribution >= 4 is 22.9 Å². The zero-order valence-electron chi connectivity index (χ0n) is 18.2. The van der Waals surface area contributed by atoms with E-state index in [4.69, 9.17) is 9.84 Å². The first-order valence-electron chi connectivity index (χ1n) is 10.6. The molecule has 168 valence electrons. The lowest BCUT2D eigenvalue weighted by atomic mass is 9.70. The highest BCUT2D eigenvalue weighted by molar-refractivity contribution is 5.77. The van der Waals surface area contributed by atoms with Gasteiger partial charge >= 0.3 is 5.97 Å². The third kappa shape index (κ3) is 6.13. The van der Waals surface area contributed by atoms with Crippen molar-refractivity contribution in [2.24, 2.45) is 23.7 Å². The molecule has 3 N–H and O–H groups in total. The van der Waals surface area contributed by atoms with E-state index in [-0.39, 0.29) is 24.2 Å². The number of carbonyl (C=O) groups is 2. The first-order valence-corrected chi connectivity index (χ1v) is 10.6. The minimum absolute atomic E-state index is 0.199. The molecule has 0 spiro atoms. The number of rotatable bonds is 9. The molecule has 3 rings (SSSR count). The lowest BCUT2D eigenvalue weighted by molar-refractivity contribution is -0.143. The summed E-state index contributed by atoms with van der Waals surface area (Å²) in [5, 5.41) is 11.4. The second-order valence-electron chi connectivity index (χ2n) is 8.65. The van der Waals surface area contributed by atoms with E-state index in [0.717, 1.165) is 24.2 Å². The van der Waals surface area contributed by atoms with Gasteiger partial charge in [-0.25, -0.2) is 14.2 Å². The number of halogens is 1. The van der Waals surface area contributed by atoms with Gasteiger partial charge < -0.3 is 20.1 Å². The van der Waals surface area contributed by atoms with Crippen molar-refractivity contribution in [3.63, 3.8) is 0 Å². The highest BCUT2D eigenvalue weighted by Crippen LogP contribution is 2.38. The Labute approximate surface area is 181 Å². The van der Waals surface area contributed by atoms with Crippen LogP contribution in [0, 0.1) is 29.5 Å². The Morgan fingerprint density at radius 2 is 2.13 bits per heavy atom.